The standard InChI is InChI=1S/C20H32O14.2C4H6O2/c1-3-33-18(30)10(2)9-34-19(31)16(15(11(24)6-21)12(25)7-22)17(29)20(32,13(26)8-23)5-4-14(27)28;2*1-3(2)4(5)6/h11-13,17,21-26,29,32H,2-9H2,1H3,(H,27,28);2*1H2,2H3,(H,5,6). The number of hydrogen-bond donors (Lipinski definition) is 11. The smallest absolute Gasteiger partial charge is 0.337 e. The van der Waals surface area contributed by atoms with E-state index in [1.54, 1.807) is 0 Å². The number of ether oxygens (including phenoxy) is 2. The zero-order valence-electron chi connectivity index (χ0n) is 25.7. The largest absolute Gasteiger partial charge is 0.481 e. The first-order chi connectivity index (χ1) is 21.1. The topological polar surface area (TPSA) is 326 Å². The summed E-state index contributed by atoms with van der Waals surface area (Å²) in [7, 11) is 0. The van der Waals surface area contributed by atoms with Crippen LogP contribution in [0.2, 0.25) is 0 Å². The molecule has 18 heteroatoms. The number of aliphatic carboxylic acids is 3. The summed E-state index contributed by atoms with van der Waals surface area (Å²) in [6.45, 7) is 9.67. The molecule has 0 amide bonds. The third kappa shape index (κ3) is 16.9. The molecule has 11 N–H and O–H groups in total. The predicted octanol–water partition coefficient (Wildman–Crippen LogP) is -2.74. The summed E-state index contributed by atoms with van der Waals surface area (Å²) in [5.41, 5.74) is -5.06. The first-order valence-corrected chi connectivity index (χ1v) is 13.1. The van der Waals surface area contributed by atoms with Gasteiger partial charge in [0, 0.05) is 23.1 Å². The first kappa shape index (κ1) is 46.4. The van der Waals surface area contributed by atoms with Crippen LogP contribution in [0.15, 0.2) is 47.6 Å². The van der Waals surface area contributed by atoms with Crippen molar-refractivity contribution in [3.8, 4) is 0 Å². The highest BCUT2D eigenvalue weighted by atomic mass is 16.6. The number of carbonyl (C=O) groups is 5. The predicted molar refractivity (Wildman–Crippen MR) is 156 cm³/mol. The zero-order valence-corrected chi connectivity index (χ0v) is 25.7. The van der Waals surface area contributed by atoms with Crippen molar-refractivity contribution in [2.24, 2.45) is 0 Å². The highest BCUT2D eigenvalue weighted by molar-refractivity contribution is 5.93. The molecule has 0 bridgehead atoms. The van der Waals surface area contributed by atoms with Gasteiger partial charge in [-0.15, -0.1) is 0 Å². The maximum atomic E-state index is 12.9. The number of carbonyl (C=O) groups excluding carboxylic acids is 2. The van der Waals surface area contributed by atoms with E-state index in [-0.39, 0.29) is 23.3 Å². The summed E-state index contributed by atoms with van der Waals surface area (Å²) < 4.78 is 9.51. The van der Waals surface area contributed by atoms with E-state index in [1.165, 1.54) is 20.8 Å². The van der Waals surface area contributed by atoms with Gasteiger partial charge in [0.15, 0.2) is 0 Å². The molecule has 0 spiro atoms. The van der Waals surface area contributed by atoms with Crippen molar-refractivity contribution < 1.29 is 89.6 Å². The maximum Gasteiger partial charge on any atom is 0.337 e. The summed E-state index contributed by atoms with van der Waals surface area (Å²) in [5, 5.41) is 105. The van der Waals surface area contributed by atoms with Gasteiger partial charge in [0.25, 0.3) is 0 Å². The monoisotopic (exact) mass is 668 g/mol. The Balaban J connectivity index is -0.00000129. The average Bonchev–Trinajstić information content (AvgIpc) is 2.99. The van der Waals surface area contributed by atoms with Gasteiger partial charge in [-0.25, -0.2) is 19.2 Å². The first-order valence-electron chi connectivity index (χ1n) is 13.1. The second-order valence-electron chi connectivity index (χ2n) is 9.32. The molecule has 18 nitrogen and oxygen atoms in total. The number of hydrogen-bond acceptors (Lipinski definition) is 15. The molecule has 0 aliphatic heterocycles. The normalized spacial score (nSPS) is 14.1. The minimum atomic E-state index is -2.95. The van der Waals surface area contributed by atoms with Gasteiger partial charge in [-0.3, -0.25) is 4.79 Å². The van der Waals surface area contributed by atoms with Crippen LogP contribution in [0.4, 0.5) is 0 Å². The molecule has 0 heterocycles. The molecule has 5 atom stereocenters. The zero-order chi connectivity index (χ0) is 36.9. The third-order valence-corrected chi connectivity index (χ3v) is 5.50. The van der Waals surface area contributed by atoms with Crippen molar-refractivity contribution in [3.63, 3.8) is 0 Å². The van der Waals surface area contributed by atoms with Gasteiger partial charge in [0.1, 0.15) is 36.6 Å². The fourth-order valence-corrected chi connectivity index (χ4v) is 2.89. The molecule has 0 aromatic heterocycles. The van der Waals surface area contributed by atoms with Gasteiger partial charge < -0.3 is 65.6 Å². The van der Waals surface area contributed by atoms with Crippen LogP contribution in [0.25, 0.3) is 0 Å². The van der Waals surface area contributed by atoms with Gasteiger partial charge in [-0.05, 0) is 27.2 Å². The van der Waals surface area contributed by atoms with E-state index in [1.807, 2.05) is 0 Å². The van der Waals surface area contributed by atoms with E-state index >= 15 is 0 Å². The molecule has 0 aromatic carbocycles. The lowest BCUT2D eigenvalue weighted by Crippen LogP contribution is -2.56. The lowest BCUT2D eigenvalue weighted by molar-refractivity contribution is -0.164. The van der Waals surface area contributed by atoms with E-state index in [4.69, 9.17) is 20.1 Å². The highest BCUT2D eigenvalue weighted by Crippen LogP contribution is 2.31. The Morgan fingerprint density at radius 2 is 1.15 bits per heavy atom. The Kier molecular flexibility index (Phi) is 23.6. The van der Waals surface area contributed by atoms with Gasteiger partial charge in [0.2, 0.25) is 0 Å². The van der Waals surface area contributed by atoms with Crippen LogP contribution in [0.1, 0.15) is 33.6 Å². The van der Waals surface area contributed by atoms with Gasteiger partial charge >= 0.3 is 29.8 Å². The molecule has 0 radical (unpaired) electrons. The molecule has 0 aromatic rings. The van der Waals surface area contributed by atoms with Crippen molar-refractivity contribution in [2.45, 2.75) is 63.6 Å². The number of aliphatic hydroxyl groups is 8. The minimum Gasteiger partial charge on any atom is -0.481 e. The number of carboxylic acid groups (broad SMARTS) is 3. The van der Waals surface area contributed by atoms with Gasteiger partial charge in [-0.1, -0.05) is 19.7 Å². The second kappa shape index (κ2) is 23.3. The van der Waals surface area contributed by atoms with Crippen LogP contribution < -0.4 is 0 Å². The van der Waals surface area contributed by atoms with Crippen LogP contribution in [0.3, 0.4) is 0 Å². The number of esters is 2. The Morgan fingerprint density at radius 1 is 0.739 bits per heavy atom. The van der Waals surface area contributed by atoms with E-state index in [9.17, 15) is 64.8 Å². The fourth-order valence-electron chi connectivity index (χ4n) is 2.89. The lowest BCUT2D eigenvalue weighted by atomic mass is 9.79. The van der Waals surface area contributed by atoms with E-state index in [0.717, 1.165) is 0 Å². The fraction of sp³-hybridized carbons (Fsp3) is 0.536. The van der Waals surface area contributed by atoms with Crippen molar-refractivity contribution in [1.29, 1.82) is 0 Å². The molecule has 0 rings (SSSR count). The highest BCUT2D eigenvalue weighted by Gasteiger charge is 2.48. The Morgan fingerprint density at radius 3 is 1.46 bits per heavy atom. The molecule has 5 unspecified atom stereocenters. The Hall–Kier alpha value is -4.01. The Bertz CT molecular complexity index is 1050. The molecule has 0 aliphatic rings. The minimum absolute atomic E-state index is 0.0269. The molecule has 0 saturated carbocycles. The van der Waals surface area contributed by atoms with Crippen LogP contribution in [0.5, 0.6) is 0 Å². The molecule has 0 fully saturated rings. The molecule has 0 saturated heterocycles. The lowest BCUT2D eigenvalue weighted by Gasteiger charge is -2.38. The molecule has 264 valence electrons. The van der Waals surface area contributed by atoms with Gasteiger partial charge in [-0.2, -0.15) is 0 Å². The van der Waals surface area contributed by atoms with Crippen LogP contribution in [-0.2, 0) is 33.4 Å². The SMILES string of the molecule is C=C(C)C(=O)O.C=C(C)C(=O)O.C=C(COC(=O)C(=C(C(O)CO)C(O)CO)C(O)C(O)(CCC(=O)O)C(O)CO)C(=O)OCC. The van der Waals surface area contributed by atoms with Crippen molar-refractivity contribution in [2.75, 3.05) is 33.0 Å². The van der Waals surface area contributed by atoms with Gasteiger partial charge in [0.05, 0.1) is 37.6 Å². The summed E-state index contributed by atoms with van der Waals surface area (Å²) in [6, 6.07) is 0. The van der Waals surface area contributed by atoms with E-state index in [2.05, 4.69) is 24.5 Å². The molecular formula is C28H44O18. The van der Waals surface area contributed by atoms with Crippen molar-refractivity contribution >= 4 is 29.8 Å². The number of rotatable bonds is 18. The average molecular weight is 669 g/mol. The molecule has 0 aliphatic carbocycles. The summed E-state index contributed by atoms with van der Waals surface area (Å²) in [6.07, 6.45) is -10.9. The summed E-state index contributed by atoms with van der Waals surface area (Å²) >= 11 is 0. The Labute approximate surface area is 264 Å². The van der Waals surface area contributed by atoms with Crippen molar-refractivity contribution in [1.82, 2.24) is 0 Å². The molecular weight excluding hydrogens is 624 g/mol. The molecule has 46 heavy (non-hydrogen) atoms. The van der Waals surface area contributed by atoms with Crippen LogP contribution >= 0.6 is 0 Å². The van der Waals surface area contributed by atoms with Crippen molar-refractivity contribution in [3.05, 3.63) is 47.6 Å². The third-order valence-electron chi connectivity index (χ3n) is 5.50. The quantitative estimate of drug-likeness (QED) is 0.0521. The summed E-state index contributed by atoms with van der Waals surface area (Å²) in [5.74, 6) is -5.90. The second-order valence-corrected chi connectivity index (χ2v) is 9.32. The number of aliphatic hydroxyl groups excluding tert-OH is 7. The number of carboxylic acids is 3. The van der Waals surface area contributed by atoms with Crippen LogP contribution in [0, 0.1) is 0 Å². The van der Waals surface area contributed by atoms with Crippen LogP contribution in [-0.4, -0.2) is 149 Å². The maximum absolute atomic E-state index is 12.9. The summed E-state index contributed by atoms with van der Waals surface area (Å²) in [4.78, 5) is 54.7. The van der Waals surface area contributed by atoms with E-state index < -0.39 is 110 Å². The van der Waals surface area contributed by atoms with E-state index in [0.29, 0.717) is 0 Å².